The highest BCUT2D eigenvalue weighted by Gasteiger charge is 2.10. The van der Waals surface area contributed by atoms with E-state index < -0.39 is 10.0 Å². The molecule has 0 fully saturated rings. The summed E-state index contributed by atoms with van der Waals surface area (Å²) in [5.41, 5.74) is 3.17. The Labute approximate surface area is 147 Å². The molecule has 0 atom stereocenters. The smallest absolute Gasteiger partial charge is 0.234 e. The molecule has 3 aromatic rings. The minimum Gasteiger partial charge on any atom is -0.264 e. The molecular weight excluding hydrogens is 334 g/mol. The molecule has 0 saturated heterocycles. The Morgan fingerprint density at radius 1 is 0.960 bits per heavy atom. The van der Waals surface area contributed by atoms with Gasteiger partial charge in [0.25, 0.3) is 0 Å². The van der Waals surface area contributed by atoms with Gasteiger partial charge in [-0.15, -0.1) is 0 Å². The molecule has 5 nitrogen and oxygen atoms in total. The van der Waals surface area contributed by atoms with Crippen LogP contribution in [0, 0.1) is 0 Å². The summed E-state index contributed by atoms with van der Waals surface area (Å²) in [6.07, 6.45) is 6.63. The van der Waals surface area contributed by atoms with Gasteiger partial charge in [0, 0.05) is 36.1 Å². The van der Waals surface area contributed by atoms with Crippen LogP contribution in [0.5, 0.6) is 0 Å². The second-order valence-corrected chi connectivity index (χ2v) is 6.98. The van der Waals surface area contributed by atoms with E-state index in [1.807, 2.05) is 48.5 Å². The molecule has 1 aromatic carbocycles. The van der Waals surface area contributed by atoms with Crippen molar-refractivity contribution < 1.29 is 8.42 Å². The summed E-state index contributed by atoms with van der Waals surface area (Å²) in [4.78, 5) is 8.43. The molecule has 2 heterocycles. The molecule has 0 unspecified atom stereocenters. The summed E-state index contributed by atoms with van der Waals surface area (Å²) in [5.74, 6) is 0. The van der Waals surface area contributed by atoms with Crippen molar-refractivity contribution in [1.82, 2.24) is 14.7 Å². The van der Waals surface area contributed by atoms with Crippen LogP contribution in [0.1, 0.15) is 11.1 Å². The average molecular weight is 351 g/mol. The number of hydrogen-bond acceptors (Lipinski definition) is 4. The number of sulfonamides is 1. The molecular formula is C19H17N3O2S. The number of pyridine rings is 2. The summed E-state index contributed by atoms with van der Waals surface area (Å²) in [5, 5.41) is 1.17. The van der Waals surface area contributed by atoms with Crippen molar-refractivity contribution in [3.63, 3.8) is 0 Å². The van der Waals surface area contributed by atoms with Crippen molar-refractivity contribution in [2.75, 3.05) is 0 Å². The SMILES string of the molecule is O=S(=O)(/C=C/c1ccccc1)NCc1cccnc1-c1cccnc1. The minimum atomic E-state index is -3.55. The van der Waals surface area contributed by atoms with E-state index in [-0.39, 0.29) is 6.54 Å². The number of rotatable bonds is 6. The van der Waals surface area contributed by atoms with Gasteiger partial charge in [0.15, 0.2) is 0 Å². The Kier molecular flexibility index (Phi) is 5.33. The summed E-state index contributed by atoms with van der Waals surface area (Å²) >= 11 is 0. The van der Waals surface area contributed by atoms with Crippen LogP contribution in [0.15, 0.2) is 78.6 Å². The zero-order chi connectivity index (χ0) is 17.5. The normalized spacial score (nSPS) is 11.7. The molecule has 25 heavy (non-hydrogen) atoms. The van der Waals surface area contributed by atoms with E-state index in [0.29, 0.717) is 5.69 Å². The Hall–Kier alpha value is -2.83. The standard InChI is InChI=1S/C19H17N3O2S/c23-25(24,13-10-16-6-2-1-3-7-16)22-15-18-9-5-12-21-19(18)17-8-4-11-20-14-17/h1-14,22H,15H2/b13-10+. The lowest BCUT2D eigenvalue weighted by Gasteiger charge is -2.08. The molecule has 0 aliphatic carbocycles. The molecule has 0 radical (unpaired) electrons. The van der Waals surface area contributed by atoms with Crippen molar-refractivity contribution in [3.05, 3.63) is 89.7 Å². The molecule has 2 aromatic heterocycles. The van der Waals surface area contributed by atoms with E-state index in [1.165, 1.54) is 5.41 Å². The number of benzene rings is 1. The number of nitrogens with one attached hydrogen (secondary N) is 1. The van der Waals surface area contributed by atoms with Crippen LogP contribution in [0.2, 0.25) is 0 Å². The predicted molar refractivity (Wildman–Crippen MR) is 98.7 cm³/mol. The summed E-state index contributed by atoms with van der Waals surface area (Å²) < 4.78 is 27.0. The monoisotopic (exact) mass is 351 g/mol. The van der Waals surface area contributed by atoms with Crippen LogP contribution in [-0.2, 0) is 16.6 Å². The minimum absolute atomic E-state index is 0.152. The molecule has 0 saturated carbocycles. The van der Waals surface area contributed by atoms with E-state index in [2.05, 4.69) is 14.7 Å². The van der Waals surface area contributed by atoms with Gasteiger partial charge in [0.1, 0.15) is 0 Å². The van der Waals surface area contributed by atoms with Crippen molar-refractivity contribution in [1.29, 1.82) is 0 Å². The lowest BCUT2D eigenvalue weighted by atomic mass is 10.1. The summed E-state index contributed by atoms with van der Waals surface area (Å²) in [6.45, 7) is 0.152. The van der Waals surface area contributed by atoms with Crippen LogP contribution >= 0.6 is 0 Å². The maximum absolute atomic E-state index is 12.2. The van der Waals surface area contributed by atoms with E-state index >= 15 is 0 Å². The third kappa shape index (κ3) is 4.82. The molecule has 3 rings (SSSR count). The molecule has 0 spiro atoms. The van der Waals surface area contributed by atoms with E-state index in [4.69, 9.17) is 0 Å². The summed E-state index contributed by atoms with van der Waals surface area (Å²) in [7, 11) is -3.55. The first-order valence-corrected chi connectivity index (χ1v) is 9.26. The van der Waals surface area contributed by atoms with Gasteiger partial charge in [-0.2, -0.15) is 0 Å². The first kappa shape index (κ1) is 17.0. The highest BCUT2D eigenvalue weighted by molar-refractivity contribution is 7.92. The fraction of sp³-hybridized carbons (Fsp3) is 0.0526. The van der Waals surface area contributed by atoms with Gasteiger partial charge in [0.2, 0.25) is 10.0 Å². The highest BCUT2D eigenvalue weighted by Crippen LogP contribution is 2.20. The lowest BCUT2D eigenvalue weighted by Crippen LogP contribution is -2.21. The van der Waals surface area contributed by atoms with Crippen molar-refractivity contribution >= 4 is 16.1 Å². The third-order valence-corrected chi connectivity index (χ3v) is 4.57. The maximum atomic E-state index is 12.2. The fourth-order valence-corrected chi connectivity index (χ4v) is 3.09. The number of aromatic nitrogens is 2. The third-order valence-electron chi connectivity index (χ3n) is 3.53. The quantitative estimate of drug-likeness (QED) is 0.740. The lowest BCUT2D eigenvalue weighted by molar-refractivity contribution is 0.591. The van der Waals surface area contributed by atoms with E-state index in [0.717, 1.165) is 16.7 Å². The molecule has 1 N–H and O–H groups in total. The van der Waals surface area contributed by atoms with Crippen molar-refractivity contribution in [2.45, 2.75) is 6.54 Å². The summed E-state index contributed by atoms with van der Waals surface area (Å²) in [6, 6.07) is 16.6. The molecule has 0 amide bonds. The molecule has 0 aliphatic rings. The first-order valence-electron chi connectivity index (χ1n) is 7.71. The second kappa shape index (κ2) is 7.83. The first-order chi connectivity index (χ1) is 12.1. The van der Waals surface area contributed by atoms with Crippen LogP contribution in [0.25, 0.3) is 17.3 Å². The molecule has 0 bridgehead atoms. The van der Waals surface area contributed by atoms with Gasteiger partial charge in [-0.1, -0.05) is 36.4 Å². The Morgan fingerprint density at radius 3 is 2.52 bits per heavy atom. The topological polar surface area (TPSA) is 72.0 Å². The van der Waals surface area contributed by atoms with Crippen molar-refractivity contribution in [3.8, 4) is 11.3 Å². The average Bonchev–Trinajstić information content (AvgIpc) is 2.67. The number of nitrogens with zero attached hydrogens (tertiary/aromatic N) is 2. The van der Waals surface area contributed by atoms with Gasteiger partial charge >= 0.3 is 0 Å². The fourth-order valence-electron chi connectivity index (χ4n) is 2.30. The Morgan fingerprint density at radius 2 is 1.76 bits per heavy atom. The van der Waals surface area contributed by atoms with Crippen LogP contribution < -0.4 is 4.72 Å². The molecule has 126 valence electrons. The maximum Gasteiger partial charge on any atom is 0.234 e. The Bertz CT molecular complexity index is 956. The van der Waals surface area contributed by atoms with Crippen LogP contribution in [0.3, 0.4) is 0 Å². The van der Waals surface area contributed by atoms with Gasteiger partial charge in [-0.3, -0.25) is 9.97 Å². The van der Waals surface area contributed by atoms with Crippen molar-refractivity contribution in [2.24, 2.45) is 0 Å². The van der Waals surface area contributed by atoms with Crippen LogP contribution in [0.4, 0.5) is 0 Å². The highest BCUT2D eigenvalue weighted by atomic mass is 32.2. The molecule has 6 heteroatoms. The van der Waals surface area contributed by atoms with Gasteiger partial charge in [-0.25, -0.2) is 13.1 Å². The largest absolute Gasteiger partial charge is 0.264 e. The van der Waals surface area contributed by atoms with Crippen LogP contribution in [-0.4, -0.2) is 18.4 Å². The van der Waals surface area contributed by atoms with Gasteiger partial charge in [0.05, 0.1) is 5.69 Å². The molecule has 0 aliphatic heterocycles. The zero-order valence-electron chi connectivity index (χ0n) is 13.4. The van der Waals surface area contributed by atoms with E-state index in [9.17, 15) is 8.42 Å². The predicted octanol–water partition coefficient (Wildman–Crippen LogP) is 3.23. The zero-order valence-corrected chi connectivity index (χ0v) is 14.2. The Balaban J connectivity index is 1.75. The van der Waals surface area contributed by atoms with E-state index in [1.54, 1.807) is 30.7 Å². The number of hydrogen-bond donors (Lipinski definition) is 1. The second-order valence-electron chi connectivity index (χ2n) is 5.33. The van der Waals surface area contributed by atoms with Gasteiger partial charge < -0.3 is 0 Å². The van der Waals surface area contributed by atoms with Gasteiger partial charge in [-0.05, 0) is 35.4 Å².